The molecule has 0 saturated heterocycles. The fourth-order valence-electron chi connectivity index (χ4n) is 1.94. The van der Waals surface area contributed by atoms with Crippen LogP contribution in [0.4, 0.5) is 11.6 Å². The van der Waals surface area contributed by atoms with E-state index in [0.29, 0.717) is 24.7 Å². The van der Waals surface area contributed by atoms with Crippen LogP contribution in [0.2, 0.25) is 0 Å². The Morgan fingerprint density at radius 3 is 2.38 bits per heavy atom. The van der Waals surface area contributed by atoms with Crippen LogP contribution in [0, 0.1) is 13.8 Å². The number of rotatable bonds is 6. The molecule has 0 fully saturated rings. The highest BCUT2D eigenvalue weighted by molar-refractivity contribution is 5.57. The van der Waals surface area contributed by atoms with Gasteiger partial charge in [0.25, 0.3) is 0 Å². The molecule has 2 heterocycles. The zero-order valence-electron chi connectivity index (χ0n) is 13.2. The lowest BCUT2D eigenvalue weighted by atomic mass is 10.2. The highest BCUT2D eigenvalue weighted by Gasteiger charge is 2.12. The number of aromatic nitrogens is 4. The fraction of sp³-hybridized carbons (Fsp3) is 0.571. The van der Waals surface area contributed by atoms with Crippen LogP contribution in [0.5, 0.6) is 0 Å². The van der Waals surface area contributed by atoms with Crippen molar-refractivity contribution in [3.63, 3.8) is 0 Å². The van der Waals surface area contributed by atoms with Crippen LogP contribution in [0.25, 0.3) is 0 Å². The van der Waals surface area contributed by atoms with Gasteiger partial charge in [-0.2, -0.15) is 4.98 Å². The molecule has 0 atom stereocenters. The lowest BCUT2D eigenvalue weighted by Gasteiger charge is -2.14. The van der Waals surface area contributed by atoms with Crippen molar-refractivity contribution in [3.8, 4) is 0 Å². The van der Waals surface area contributed by atoms with Gasteiger partial charge in [-0.05, 0) is 6.92 Å². The van der Waals surface area contributed by atoms with E-state index in [1.165, 1.54) is 0 Å². The SMILES string of the molecule is CNc1nc(C(C)C)nc(NCCc2noc(C)n2)c1C. The van der Waals surface area contributed by atoms with Gasteiger partial charge in [0.05, 0.1) is 0 Å². The standard InChI is InChI=1S/C14H22N6O/c1-8(2)12-18-13(15-5)9(3)14(19-12)16-7-6-11-17-10(4)21-20-11/h8H,6-7H2,1-5H3,(H2,15,16,18,19). The molecule has 21 heavy (non-hydrogen) atoms. The summed E-state index contributed by atoms with van der Waals surface area (Å²) < 4.78 is 4.95. The van der Waals surface area contributed by atoms with Gasteiger partial charge in [0.1, 0.15) is 17.5 Å². The summed E-state index contributed by atoms with van der Waals surface area (Å²) in [5.41, 5.74) is 1.01. The topological polar surface area (TPSA) is 88.8 Å². The van der Waals surface area contributed by atoms with Crippen molar-refractivity contribution < 1.29 is 4.52 Å². The van der Waals surface area contributed by atoms with Crippen LogP contribution in [0.3, 0.4) is 0 Å². The van der Waals surface area contributed by atoms with Crippen molar-refractivity contribution in [1.82, 2.24) is 20.1 Å². The van der Waals surface area contributed by atoms with Crippen LogP contribution in [-0.4, -0.2) is 33.7 Å². The van der Waals surface area contributed by atoms with Crippen molar-refractivity contribution in [2.45, 2.75) is 40.0 Å². The highest BCUT2D eigenvalue weighted by atomic mass is 16.5. The molecule has 2 N–H and O–H groups in total. The van der Waals surface area contributed by atoms with Gasteiger partial charge in [0, 0.05) is 38.4 Å². The van der Waals surface area contributed by atoms with E-state index in [-0.39, 0.29) is 5.92 Å². The second kappa shape index (κ2) is 6.51. The average Bonchev–Trinajstić information content (AvgIpc) is 2.86. The lowest BCUT2D eigenvalue weighted by Crippen LogP contribution is -2.13. The third-order valence-corrected chi connectivity index (χ3v) is 3.13. The summed E-state index contributed by atoms with van der Waals surface area (Å²) in [5, 5.41) is 10.3. The number of nitrogens with zero attached hydrogens (tertiary/aromatic N) is 4. The molecule has 2 aromatic heterocycles. The molecule has 0 aliphatic carbocycles. The van der Waals surface area contributed by atoms with Gasteiger partial charge in [-0.15, -0.1) is 0 Å². The fourth-order valence-corrected chi connectivity index (χ4v) is 1.94. The maximum absolute atomic E-state index is 4.95. The van der Waals surface area contributed by atoms with Crippen molar-refractivity contribution >= 4 is 11.6 Å². The molecule has 0 amide bonds. The molecule has 0 bridgehead atoms. The Hall–Kier alpha value is -2.18. The summed E-state index contributed by atoms with van der Waals surface area (Å²) in [7, 11) is 1.87. The van der Waals surface area contributed by atoms with Crippen molar-refractivity contribution in [2.75, 3.05) is 24.2 Å². The van der Waals surface area contributed by atoms with Crippen molar-refractivity contribution in [2.24, 2.45) is 0 Å². The van der Waals surface area contributed by atoms with Crippen LogP contribution in [0.15, 0.2) is 4.52 Å². The normalized spacial score (nSPS) is 11.0. The largest absolute Gasteiger partial charge is 0.373 e. The van der Waals surface area contributed by atoms with Crippen LogP contribution < -0.4 is 10.6 Å². The molecule has 0 unspecified atom stereocenters. The minimum Gasteiger partial charge on any atom is -0.373 e. The van der Waals surface area contributed by atoms with E-state index in [4.69, 9.17) is 4.52 Å². The van der Waals surface area contributed by atoms with E-state index in [1.54, 1.807) is 6.92 Å². The number of nitrogens with one attached hydrogen (secondary N) is 2. The quantitative estimate of drug-likeness (QED) is 0.843. The average molecular weight is 290 g/mol. The van der Waals surface area contributed by atoms with Gasteiger partial charge in [0.15, 0.2) is 5.82 Å². The molecule has 0 radical (unpaired) electrons. The third kappa shape index (κ3) is 3.68. The molecule has 7 nitrogen and oxygen atoms in total. The highest BCUT2D eigenvalue weighted by Crippen LogP contribution is 2.22. The molecule has 0 aliphatic rings. The summed E-state index contributed by atoms with van der Waals surface area (Å²) >= 11 is 0. The maximum atomic E-state index is 4.95. The summed E-state index contributed by atoms with van der Waals surface area (Å²) in [4.78, 5) is 13.3. The Morgan fingerprint density at radius 2 is 1.81 bits per heavy atom. The Morgan fingerprint density at radius 1 is 1.10 bits per heavy atom. The van der Waals surface area contributed by atoms with E-state index >= 15 is 0 Å². The van der Waals surface area contributed by atoms with Gasteiger partial charge in [-0.25, -0.2) is 9.97 Å². The zero-order chi connectivity index (χ0) is 15.4. The summed E-state index contributed by atoms with van der Waals surface area (Å²) in [6.45, 7) is 8.63. The van der Waals surface area contributed by atoms with Crippen LogP contribution >= 0.6 is 0 Å². The van der Waals surface area contributed by atoms with Gasteiger partial charge in [-0.1, -0.05) is 19.0 Å². The lowest BCUT2D eigenvalue weighted by molar-refractivity contribution is 0.387. The van der Waals surface area contributed by atoms with E-state index < -0.39 is 0 Å². The summed E-state index contributed by atoms with van der Waals surface area (Å²) in [5.74, 6) is 4.08. The molecular formula is C14H22N6O. The molecule has 2 aromatic rings. The number of anilines is 2. The molecular weight excluding hydrogens is 268 g/mol. The van der Waals surface area contributed by atoms with E-state index in [9.17, 15) is 0 Å². The molecule has 0 saturated carbocycles. The second-order valence-electron chi connectivity index (χ2n) is 5.22. The van der Waals surface area contributed by atoms with Gasteiger partial charge in [-0.3, -0.25) is 0 Å². The second-order valence-corrected chi connectivity index (χ2v) is 5.22. The van der Waals surface area contributed by atoms with Crippen LogP contribution in [0.1, 0.15) is 42.9 Å². The Kier molecular flexibility index (Phi) is 4.72. The number of aryl methyl sites for hydroxylation is 1. The number of hydrogen-bond acceptors (Lipinski definition) is 7. The molecule has 0 aliphatic heterocycles. The minimum absolute atomic E-state index is 0.276. The van der Waals surface area contributed by atoms with Gasteiger partial charge >= 0.3 is 0 Å². The predicted octanol–water partition coefficient (Wildman–Crippen LogP) is 2.30. The zero-order valence-corrected chi connectivity index (χ0v) is 13.2. The predicted molar refractivity (Wildman–Crippen MR) is 81.6 cm³/mol. The Bertz CT molecular complexity index is 608. The Labute approximate surface area is 124 Å². The molecule has 0 aromatic carbocycles. The maximum Gasteiger partial charge on any atom is 0.223 e. The monoisotopic (exact) mass is 290 g/mol. The minimum atomic E-state index is 0.276. The first-order chi connectivity index (χ1) is 10.0. The van der Waals surface area contributed by atoms with E-state index in [2.05, 4.69) is 44.6 Å². The smallest absolute Gasteiger partial charge is 0.223 e. The third-order valence-electron chi connectivity index (χ3n) is 3.13. The summed E-state index contributed by atoms with van der Waals surface area (Å²) in [6.07, 6.45) is 0.687. The van der Waals surface area contributed by atoms with Gasteiger partial charge in [0.2, 0.25) is 5.89 Å². The molecule has 0 spiro atoms. The first-order valence-corrected chi connectivity index (χ1v) is 7.10. The van der Waals surface area contributed by atoms with Gasteiger partial charge < -0.3 is 15.2 Å². The van der Waals surface area contributed by atoms with Crippen molar-refractivity contribution in [3.05, 3.63) is 23.1 Å². The molecule has 7 heteroatoms. The molecule has 2 rings (SSSR count). The molecule has 114 valence electrons. The first kappa shape index (κ1) is 15.2. The van der Waals surface area contributed by atoms with Crippen molar-refractivity contribution in [1.29, 1.82) is 0 Å². The van der Waals surface area contributed by atoms with Crippen LogP contribution in [-0.2, 0) is 6.42 Å². The Balaban J connectivity index is 2.09. The summed E-state index contributed by atoms with van der Waals surface area (Å²) in [6, 6.07) is 0. The van der Waals surface area contributed by atoms with E-state index in [1.807, 2.05) is 14.0 Å². The first-order valence-electron chi connectivity index (χ1n) is 7.10. The van der Waals surface area contributed by atoms with E-state index in [0.717, 1.165) is 23.0 Å². The number of hydrogen-bond donors (Lipinski definition) is 2.